The van der Waals surface area contributed by atoms with Gasteiger partial charge in [0.25, 0.3) is 11.8 Å². The Bertz CT molecular complexity index is 1060. The van der Waals surface area contributed by atoms with Crippen LogP contribution in [0.2, 0.25) is 0 Å². The molecule has 1 aromatic heterocycles. The summed E-state index contributed by atoms with van der Waals surface area (Å²) in [6.07, 6.45) is 1.25. The van der Waals surface area contributed by atoms with E-state index in [1.807, 2.05) is 6.92 Å². The number of esters is 1. The molecule has 1 fully saturated rings. The second-order valence-electron chi connectivity index (χ2n) is 7.99. The lowest BCUT2D eigenvalue weighted by atomic mass is 10.0. The number of amides is 2. The Labute approximate surface area is 192 Å². The molecule has 1 unspecified atom stereocenters. The Hall–Kier alpha value is -3.36. The number of rotatable bonds is 6. The number of carbonyl (C=O) groups is 3. The van der Waals surface area contributed by atoms with Gasteiger partial charge >= 0.3 is 5.97 Å². The number of hydrogen-bond acceptors (Lipinski definition) is 6. The van der Waals surface area contributed by atoms with Gasteiger partial charge in [0.2, 0.25) is 0 Å². The Morgan fingerprint density at radius 2 is 1.85 bits per heavy atom. The molecular formula is C24H29FN4O4. The maximum Gasteiger partial charge on any atom is 0.342 e. The number of carbonyl (C=O) groups excluding carboxylic acids is 3. The Kier molecular flexibility index (Phi) is 7.73. The van der Waals surface area contributed by atoms with Crippen LogP contribution >= 0.6 is 0 Å². The minimum Gasteiger partial charge on any atom is -0.462 e. The summed E-state index contributed by atoms with van der Waals surface area (Å²) < 4.78 is 19.3. The van der Waals surface area contributed by atoms with Crippen LogP contribution in [-0.4, -0.2) is 69.8 Å². The van der Waals surface area contributed by atoms with Crippen LogP contribution in [0.5, 0.6) is 0 Å². The third-order valence-electron chi connectivity index (χ3n) is 5.54. The first-order valence-electron chi connectivity index (χ1n) is 11.2. The van der Waals surface area contributed by atoms with Crippen molar-refractivity contribution in [2.75, 3.05) is 26.2 Å². The molecule has 0 spiro atoms. The molecule has 1 atom stereocenters. The topological polar surface area (TPSA) is 92.7 Å². The van der Waals surface area contributed by atoms with E-state index in [-0.39, 0.29) is 49.1 Å². The lowest BCUT2D eigenvalue weighted by Gasteiger charge is -2.40. The molecule has 2 aromatic rings. The smallest absolute Gasteiger partial charge is 0.342 e. The van der Waals surface area contributed by atoms with Crippen molar-refractivity contribution in [1.29, 1.82) is 0 Å². The molecule has 3 rings (SSSR count). The van der Waals surface area contributed by atoms with Gasteiger partial charge in [-0.3, -0.25) is 9.59 Å². The van der Waals surface area contributed by atoms with Gasteiger partial charge in [-0.1, -0.05) is 25.5 Å². The predicted octanol–water partition coefficient (Wildman–Crippen LogP) is 3.04. The molecule has 0 saturated carbocycles. The molecule has 1 saturated heterocycles. The molecule has 1 aromatic carbocycles. The Morgan fingerprint density at radius 1 is 1.12 bits per heavy atom. The summed E-state index contributed by atoms with van der Waals surface area (Å²) in [7, 11) is 0. The fourth-order valence-electron chi connectivity index (χ4n) is 4.00. The van der Waals surface area contributed by atoms with E-state index in [4.69, 9.17) is 4.74 Å². The Balaban J connectivity index is 1.86. The lowest BCUT2D eigenvalue weighted by Crippen LogP contribution is -2.55. The second kappa shape index (κ2) is 10.5. The van der Waals surface area contributed by atoms with Crippen LogP contribution in [0.15, 0.2) is 24.3 Å². The molecule has 9 heteroatoms. The number of aromatic nitrogens is 2. The van der Waals surface area contributed by atoms with Crippen molar-refractivity contribution in [3.05, 3.63) is 58.4 Å². The highest BCUT2D eigenvalue weighted by Crippen LogP contribution is 2.21. The largest absolute Gasteiger partial charge is 0.462 e. The zero-order chi connectivity index (χ0) is 24.1. The molecule has 1 aliphatic rings. The van der Waals surface area contributed by atoms with E-state index in [1.54, 1.807) is 36.6 Å². The van der Waals surface area contributed by atoms with Crippen LogP contribution < -0.4 is 0 Å². The molecular weight excluding hydrogens is 427 g/mol. The lowest BCUT2D eigenvalue weighted by molar-refractivity contribution is 0.0403. The zero-order valence-electron chi connectivity index (χ0n) is 19.4. The van der Waals surface area contributed by atoms with E-state index in [9.17, 15) is 18.8 Å². The number of aryl methyl sites for hydroxylation is 2. The number of hydrogen-bond donors (Lipinski definition) is 0. The minimum atomic E-state index is -0.620. The second-order valence-corrected chi connectivity index (χ2v) is 7.99. The fourth-order valence-corrected chi connectivity index (χ4v) is 4.00. The maximum absolute atomic E-state index is 14.1. The molecule has 1 aliphatic heterocycles. The van der Waals surface area contributed by atoms with Crippen molar-refractivity contribution in [2.45, 2.75) is 46.6 Å². The van der Waals surface area contributed by atoms with E-state index >= 15 is 0 Å². The van der Waals surface area contributed by atoms with Gasteiger partial charge in [0.1, 0.15) is 22.9 Å². The molecule has 8 nitrogen and oxygen atoms in total. The summed E-state index contributed by atoms with van der Waals surface area (Å²) in [4.78, 5) is 50.8. The molecule has 0 radical (unpaired) electrons. The summed E-state index contributed by atoms with van der Waals surface area (Å²) in [5.74, 6) is -1.62. The van der Waals surface area contributed by atoms with Crippen molar-refractivity contribution >= 4 is 17.8 Å². The van der Waals surface area contributed by atoms with Gasteiger partial charge in [0.05, 0.1) is 17.9 Å². The first kappa shape index (κ1) is 24.3. The van der Waals surface area contributed by atoms with Gasteiger partial charge in [-0.25, -0.2) is 19.2 Å². The van der Waals surface area contributed by atoms with Crippen molar-refractivity contribution in [1.82, 2.24) is 19.8 Å². The summed E-state index contributed by atoms with van der Waals surface area (Å²) in [5, 5.41) is 0. The number of halogens is 1. The van der Waals surface area contributed by atoms with Gasteiger partial charge in [0, 0.05) is 25.7 Å². The van der Waals surface area contributed by atoms with E-state index < -0.39 is 23.6 Å². The van der Waals surface area contributed by atoms with Gasteiger partial charge in [0.15, 0.2) is 0 Å². The SMILES string of the molecule is CCCc1nc(C)nc(C(=O)N2CCN(C(=O)c3ccccc3F)C(C)C2)c1C(=O)OCC. The van der Waals surface area contributed by atoms with E-state index in [2.05, 4.69) is 9.97 Å². The highest BCUT2D eigenvalue weighted by Gasteiger charge is 2.34. The van der Waals surface area contributed by atoms with Gasteiger partial charge in [-0.15, -0.1) is 0 Å². The molecule has 2 heterocycles. The average Bonchev–Trinajstić information content (AvgIpc) is 2.78. The number of piperazine rings is 1. The van der Waals surface area contributed by atoms with E-state index in [0.717, 1.165) is 6.42 Å². The highest BCUT2D eigenvalue weighted by atomic mass is 19.1. The number of nitrogens with zero attached hydrogens (tertiary/aromatic N) is 4. The van der Waals surface area contributed by atoms with Crippen molar-refractivity contribution in [2.24, 2.45) is 0 Å². The van der Waals surface area contributed by atoms with E-state index in [0.29, 0.717) is 17.9 Å². The quantitative estimate of drug-likeness (QED) is 0.621. The maximum atomic E-state index is 14.1. The van der Waals surface area contributed by atoms with Crippen LogP contribution in [0.25, 0.3) is 0 Å². The minimum absolute atomic E-state index is 0.00403. The number of ether oxygens (including phenoxy) is 1. The van der Waals surface area contributed by atoms with Crippen LogP contribution in [0.3, 0.4) is 0 Å². The molecule has 33 heavy (non-hydrogen) atoms. The van der Waals surface area contributed by atoms with E-state index in [1.165, 1.54) is 18.2 Å². The molecule has 176 valence electrons. The Morgan fingerprint density at radius 3 is 2.48 bits per heavy atom. The zero-order valence-corrected chi connectivity index (χ0v) is 19.4. The van der Waals surface area contributed by atoms with Gasteiger partial charge in [-0.2, -0.15) is 0 Å². The van der Waals surface area contributed by atoms with Crippen LogP contribution in [0, 0.1) is 12.7 Å². The van der Waals surface area contributed by atoms with Crippen LogP contribution in [0.1, 0.15) is 69.9 Å². The number of benzene rings is 1. The van der Waals surface area contributed by atoms with Gasteiger partial charge < -0.3 is 14.5 Å². The van der Waals surface area contributed by atoms with Crippen molar-refractivity contribution in [3.8, 4) is 0 Å². The third-order valence-corrected chi connectivity index (χ3v) is 5.54. The molecule has 2 amide bonds. The third kappa shape index (κ3) is 5.18. The van der Waals surface area contributed by atoms with Crippen molar-refractivity contribution < 1.29 is 23.5 Å². The molecule has 0 N–H and O–H groups in total. The summed E-state index contributed by atoms with van der Waals surface area (Å²) in [6, 6.07) is 5.50. The molecule has 0 aliphatic carbocycles. The summed E-state index contributed by atoms with van der Waals surface area (Å²) in [6.45, 7) is 8.01. The first-order valence-corrected chi connectivity index (χ1v) is 11.2. The molecule has 0 bridgehead atoms. The van der Waals surface area contributed by atoms with Crippen LogP contribution in [-0.2, 0) is 11.2 Å². The summed E-state index contributed by atoms with van der Waals surface area (Å²) in [5.41, 5.74) is 0.620. The monoisotopic (exact) mass is 456 g/mol. The predicted molar refractivity (Wildman–Crippen MR) is 120 cm³/mol. The highest BCUT2D eigenvalue weighted by molar-refractivity contribution is 6.04. The summed E-state index contributed by atoms with van der Waals surface area (Å²) >= 11 is 0. The normalized spacial score (nSPS) is 16.0. The van der Waals surface area contributed by atoms with Crippen LogP contribution in [0.4, 0.5) is 4.39 Å². The first-order chi connectivity index (χ1) is 15.8. The average molecular weight is 457 g/mol. The van der Waals surface area contributed by atoms with Gasteiger partial charge in [-0.05, 0) is 39.3 Å². The van der Waals surface area contributed by atoms with Crippen molar-refractivity contribution in [3.63, 3.8) is 0 Å². The standard InChI is InChI=1S/C24H29FN4O4/c1-5-9-19-20(24(32)33-6-2)21(27-16(4)26-19)23(31)28-12-13-29(15(3)14-28)22(30)17-10-7-8-11-18(17)25/h7-8,10-11,15H,5-6,9,12-14H2,1-4H3. The fraction of sp³-hybridized carbons (Fsp3) is 0.458.